The van der Waals surface area contributed by atoms with Crippen LogP contribution in [0.4, 0.5) is 4.39 Å². The number of hydrogen-bond donors (Lipinski definition) is 1. The Morgan fingerprint density at radius 2 is 1.77 bits per heavy atom. The second-order valence-corrected chi connectivity index (χ2v) is 3.75. The maximum atomic E-state index is 11.8. The smallest absolute Gasteiger partial charge is 0.168 e. The molecule has 0 fully saturated rings. The van der Waals surface area contributed by atoms with Gasteiger partial charge in [0.15, 0.2) is 10.7 Å². The van der Waals surface area contributed by atoms with E-state index in [-0.39, 0.29) is 6.67 Å². The van der Waals surface area contributed by atoms with Crippen LogP contribution in [0.25, 0.3) is 0 Å². The second-order valence-electron chi connectivity index (χ2n) is 2.72. The van der Waals surface area contributed by atoms with E-state index >= 15 is 0 Å². The SMILES string of the molecule is O=[SH](=O)c1ccc(CCCF)cc1. The van der Waals surface area contributed by atoms with Gasteiger partial charge in [0.25, 0.3) is 0 Å². The summed E-state index contributed by atoms with van der Waals surface area (Å²) in [6.07, 6.45) is 1.15. The summed E-state index contributed by atoms with van der Waals surface area (Å²) in [7, 11) is -2.49. The molecule has 0 aliphatic rings. The minimum absolute atomic E-state index is 0.305. The Balaban J connectivity index is 2.69. The van der Waals surface area contributed by atoms with Crippen molar-refractivity contribution in [2.45, 2.75) is 17.7 Å². The van der Waals surface area contributed by atoms with Crippen LogP contribution in [0.3, 0.4) is 0 Å². The lowest BCUT2D eigenvalue weighted by Crippen LogP contribution is -1.87. The second kappa shape index (κ2) is 4.97. The molecule has 0 atom stereocenters. The molecule has 0 bridgehead atoms. The van der Waals surface area contributed by atoms with Crippen LogP contribution in [0.5, 0.6) is 0 Å². The lowest BCUT2D eigenvalue weighted by molar-refractivity contribution is 0.473. The maximum Gasteiger partial charge on any atom is 0.168 e. The van der Waals surface area contributed by atoms with Crippen molar-refractivity contribution >= 4 is 10.7 Å². The number of halogens is 1. The Labute approximate surface area is 78.3 Å². The van der Waals surface area contributed by atoms with Crippen molar-refractivity contribution < 1.29 is 12.8 Å². The predicted octanol–water partition coefficient (Wildman–Crippen LogP) is 1.56. The topological polar surface area (TPSA) is 34.1 Å². The highest BCUT2D eigenvalue weighted by Crippen LogP contribution is 2.07. The first-order valence-electron chi connectivity index (χ1n) is 4.03. The van der Waals surface area contributed by atoms with Crippen molar-refractivity contribution in [3.8, 4) is 0 Å². The van der Waals surface area contributed by atoms with E-state index in [1.165, 1.54) is 0 Å². The molecule has 0 aliphatic heterocycles. The third kappa shape index (κ3) is 3.14. The summed E-state index contributed by atoms with van der Waals surface area (Å²) >= 11 is 0. The molecule has 13 heavy (non-hydrogen) atoms. The van der Waals surface area contributed by atoms with Gasteiger partial charge in [-0.1, -0.05) is 12.1 Å². The summed E-state index contributed by atoms with van der Waals surface area (Å²) in [5.74, 6) is 0. The van der Waals surface area contributed by atoms with Crippen molar-refractivity contribution in [2.75, 3.05) is 6.67 Å². The number of thiol groups is 1. The van der Waals surface area contributed by atoms with E-state index in [0.29, 0.717) is 17.7 Å². The van der Waals surface area contributed by atoms with Gasteiger partial charge in [0.2, 0.25) is 0 Å². The van der Waals surface area contributed by atoms with Crippen LogP contribution in [0.15, 0.2) is 29.2 Å². The van der Waals surface area contributed by atoms with Crippen LogP contribution < -0.4 is 0 Å². The molecule has 0 N–H and O–H groups in total. The molecule has 0 unspecified atom stereocenters. The fourth-order valence-corrected chi connectivity index (χ4v) is 1.45. The highest BCUT2D eigenvalue weighted by molar-refractivity contribution is 7.72. The molecule has 0 aliphatic carbocycles. The van der Waals surface area contributed by atoms with Gasteiger partial charge in [-0.2, -0.15) is 0 Å². The number of rotatable bonds is 4. The quantitative estimate of drug-likeness (QED) is 0.752. The molecule has 0 saturated heterocycles. The third-order valence-electron chi connectivity index (χ3n) is 1.75. The first-order chi connectivity index (χ1) is 6.24. The highest BCUT2D eigenvalue weighted by atomic mass is 32.2. The van der Waals surface area contributed by atoms with Crippen molar-refractivity contribution in [2.24, 2.45) is 0 Å². The summed E-state index contributed by atoms with van der Waals surface area (Å²) in [6, 6.07) is 6.52. The molecule has 2 nitrogen and oxygen atoms in total. The summed E-state index contributed by atoms with van der Waals surface area (Å²) in [4.78, 5) is 0.305. The fraction of sp³-hybridized carbons (Fsp3) is 0.333. The lowest BCUT2D eigenvalue weighted by Gasteiger charge is -1.98. The van der Waals surface area contributed by atoms with Crippen molar-refractivity contribution in [3.05, 3.63) is 29.8 Å². The fourth-order valence-electron chi connectivity index (χ4n) is 1.06. The number of alkyl halides is 1. The van der Waals surface area contributed by atoms with Crippen LogP contribution in [0.2, 0.25) is 0 Å². The first-order valence-corrected chi connectivity index (χ1v) is 5.21. The molecule has 1 aromatic rings. The zero-order valence-corrected chi connectivity index (χ0v) is 7.97. The standard InChI is InChI=1S/C9H11FO2S/c10-7-1-2-8-3-5-9(6-4-8)13(11)12/h3-6,13H,1-2,7H2. The summed E-state index contributed by atoms with van der Waals surface area (Å²) in [5, 5.41) is 0. The monoisotopic (exact) mass is 202 g/mol. The average molecular weight is 202 g/mol. The predicted molar refractivity (Wildman–Crippen MR) is 49.3 cm³/mol. The van der Waals surface area contributed by atoms with Crippen LogP contribution in [0.1, 0.15) is 12.0 Å². The minimum atomic E-state index is -2.49. The van der Waals surface area contributed by atoms with Crippen molar-refractivity contribution in [1.82, 2.24) is 0 Å². The molecule has 0 saturated carbocycles. The Bertz CT molecular complexity index is 322. The van der Waals surface area contributed by atoms with Gasteiger partial charge in [0.1, 0.15) is 0 Å². The molecular formula is C9H11FO2S. The van der Waals surface area contributed by atoms with Gasteiger partial charge in [-0.25, -0.2) is 8.42 Å². The van der Waals surface area contributed by atoms with E-state index < -0.39 is 10.7 Å². The van der Waals surface area contributed by atoms with Gasteiger partial charge in [0.05, 0.1) is 11.6 Å². The Morgan fingerprint density at radius 1 is 1.15 bits per heavy atom. The molecule has 1 rings (SSSR count). The third-order valence-corrected chi connectivity index (χ3v) is 2.47. The number of benzene rings is 1. The van der Waals surface area contributed by atoms with Gasteiger partial charge < -0.3 is 0 Å². The van der Waals surface area contributed by atoms with Gasteiger partial charge in [-0.3, -0.25) is 4.39 Å². The first kappa shape index (κ1) is 10.2. The lowest BCUT2D eigenvalue weighted by atomic mass is 10.1. The minimum Gasteiger partial charge on any atom is -0.251 e. The van der Waals surface area contributed by atoms with Crippen molar-refractivity contribution in [3.63, 3.8) is 0 Å². The molecule has 0 heterocycles. The van der Waals surface area contributed by atoms with E-state index in [0.717, 1.165) is 5.56 Å². The molecule has 0 amide bonds. The maximum absolute atomic E-state index is 11.8. The highest BCUT2D eigenvalue weighted by Gasteiger charge is 1.95. The van der Waals surface area contributed by atoms with Crippen LogP contribution >= 0.6 is 0 Å². The van der Waals surface area contributed by atoms with E-state index in [4.69, 9.17) is 0 Å². The normalized spacial score (nSPS) is 10.6. The number of hydrogen-bond acceptors (Lipinski definition) is 2. The van der Waals surface area contributed by atoms with E-state index in [1.54, 1.807) is 24.3 Å². The summed E-state index contributed by atoms with van der Waals surface area (Å²) in [5.41, 5.74) is 0.971. The Morgan fingerprint density at radius 3 is 2.23 bits per heavy atom. The molecule has 0 radical (unpaired) electrons. The zero-order chi connectivity index (χ0) is 9.68. The number of aryl methyl sites for hydroxylation is 1. The molecular weight excluding hydrogens is 191 g/mol. The molecule has 72 valence electrons. The van der Waals surface area contributed by atoms with E-state index in [9.17, 15) is 12.8 Å². The summed E-state index contributed by atoms with van der Waals surface area (Å²) < 4.78 is 32.8. The zero-order valence-electron chi connectivity index (χ0n) is 7.07. The summed E-state index contributed by atoms with van der Waals surface area (Å²) in [6.45, 7) is -0.336. The largest absolute Gasteiger partial charge is 0.251 e. The van der Waals surface area contributed by atoms with Gasteiger partial charge >= 0.3 is 0 Å². The Hall–Kier alpha value is -0.900. The van der Waals surface area contributed by atoms with E-state index in [1.807, 2.05) is 0 Å². The molecule has 4 heteroatoms. The molecule has 0 aromatic heterocycles. The van der Waals surface area contributed by atoms with Crippen LogP contribution in [-0.4, -0.2) is 15.1 Å². The van der Waals surface area contributed by atoms with Gasteiger partial charge in [0, 0.05) is 0 Å². The average Bonchev–Trinajstić information content (AvgIpc) is 2.15. The molecule has 1 aromatic carbocycles. The van der Waals surface area contributed by atoms with E-state index in [2.05, 4.69) is 0 Å². The van der Waals surface area contributed by atoms with Gasteiger partial charge in [-0.15, -0.1) is 0 Å². The molecule has 0 spiro atoms. The van der Waals surface area contributed by atoms with Gasteiger partial charge in [-0.05, 0) is 30.5 Å². The van der Waals surface area contributed by atoms with Crippen molar-refractivity contribution in [1.29, 1.82) is 0 Å². The Kier molecular flexibility index (Phi) is 3.89. The van der Waals surface area contributed by atoms with Crippen LogP contribution in [0, 0.1) is 0 Å². The van der Waals surface area contributed by atoms with Crippen LogP contribution in [-0.2, 0) is 17.1 Å².